The molecule has 0 aliphatic carbocycles. The fourth-order valence-corrected chi connectivity index (χ4v) is 4.42. The first-order valence-electron chi connectivity index (χ1n) is 11.3. The van der Waals surface area contributed by atoms with E-state index >= 15 is 0 Å². The van der Waals surface area contributed by atoms with Crippen molar-refractivity contribution in [2.75, 3.05) is 43.1 Å². The molecule has 2 heterocycles. The largest absolute Gasteiger partial charge is 0.421 e. The van der Waals surface area contributed by atoms with Crippen molar-refractivity contribution in [1.82, 2.24) is 20.2 Å². The van der Waals surface area contributed by atoms with Gasteiger partial charge in [-0.3, -0.25) is 4.79 Å². The Morgan fingerprint density at radius 3 is 2.46 bits per heavy atom. The fourth-order valence-electron chi connectivity index (χ4n) is 3.73. The molecule has 3 aromatic rings. The van der Waals surface area contributed by atoms with Crippen LogP contribution >= 0.6 is 0 Å². The summed E-state index contributed by atoms with van der Waals surface area (Å²) in [6.07, 6.45) is -2.98. The number of benzene rings is 2. The predicted octanol–water partition coefficient (Wildman–Crippen LogP) is 3.30. The van der Waals surface area contributed by atoms with Crippen molar-refractivity contribution >= 4 is 33.2 Å². The Bertz CT molecular complexity index is 1380. The number of amides is 1. The second-order valence-electron chi connectivity index (χ2n) is 8.47. The molecule has 196 valence electrons. The molecule has 0 radical (unpaired) electrons. The molecule has 0 unspecified atom stereocenters. The van der Waals surface area contributed by atoms with E-state index in [1.165, 1.54) is 18.2 Å². The van der Waals surface area contributed by atoms with E-state index in [0.717, 1.165) is 19.3 Å². The van der Waals surface area contributed by atoms with Crippen LogP contribution in [0.25, 0.3) is 0 Å². The molecule has 13 heteroatoms. The molecular weight excluding hydrogens is 509 g/mol. The molecule has 37 heavy (non-hydrogen) atoms. The molecule has 3 N–H and O–H groups in total. The van der Waals surface area contributed by atoms with Gasteiger partial charge in [0.1, 0.15) is 11.4 Å². The summed E-state index contributed by atoms with van der Waals surface area (Å²) in [5, 5.41) is 8.68. The molecule has 4 rings (SSSR count). The van der Waals surface area contributed by atoms with Crippen molar-refractivity contribution in [2.24, 2.45) is 0 Å². The smallest absolute Gasteiger partial charge is 0.365 e. The summed E-state index contributed by atoms with van der Waals surface area (Å²) in [6, 6.07) is 12.4. The molecule has 0 saturated carbocycles. The van der Waals surface area contributed by atoms with E-state index in [4.69, 9.17) is 0 Å². The third-order valence-corrected chi connectivity index (χ3v) is 6.78. The first-order chi connectivity index (χ1) is 17.5. The van der Waals surface area contributed by atoms with Crippen LogP contribution in [0.5, 0.6) is 0 Å². The zero-order valence-corrected chi connectivity index (χ0v) is 20.7. The van der Waals surface area contributed by atoms with E-state index in [9.17, 15) is 26.4 Å². The van der Waals surface area contributed by atoms with Crippen LogP contribution in [0.2, 0.25) is 0 Å². The Morgan fingerprint density at radius 2 is 1.81 bits per heavy atom. The molecule has 1 aliphatic heterocycles. The molecule has 1 saturated heterocycles. The Balaban J connectivity index is 1.50. The predicted molar refractivity (Wildman–Crippen MR) is 132 cm³/mol. The van der Waals surface area contributed by atoms with Gasteiger partial charge in [-0.2, -0.15) is 18.2 Å². The summed E-state index contributed by atoms with van der Waals surface area (Å²) in [6.45, 7) is 2.61. The maximum Gasteiger partial charge on any atom is 0.421 e. The van der Waals surface area contributed by atoms with E-state index in [2.05, 4.69) is 25.9 Å². The van der Waals surface area contributed by atoms with Crippen LogP contribution < -0.4 is 16.0 Å². The highest BCUT2D eigenvalue weighted by Gasteiger charge is 2.35. The minimum Gasteiger partial charge on any atom is -0.365 e. The number of sulfone groups is 1. The number of hydrogen-bond acceptors (Lipinski definition) is 8. The van der Waals surface area contributed by atoms with Gasteiger partial charge >= 0.3 is 6.18 Å². The number of carbonyl (C=O) groups is 1. The van der Waals surface area contributed by atoms with Crippen molar-refractivity contribution in [1.29, 1.82) is 0 Å². The number of nitrogens with one attached hydrogen (secondary N) is 3. The maximum absolute atomic E-state index is 13.6. The van der Waals surface area contributed by atoms with E-state index in [1.807, 2.05) is 0 Å². The van der Waals surface area contributed by atoms with Crippen LogP contribution in [0.15, 0.2) is 59.6 Å². The minimum atomic E-state index is -4.71. The molecule has 1 fully saturated rings. The van der Waals surface area contributed by atoms with E-state index in [-0.39, 0.29) is 23.3 Å². The van der Waals surface area contributed by atoms with Crippen LogP contribution in [-0.2, 0) is 22.6 Å². The Morgan fingerprint density at radius 1 is 1.11 bits per heavy atom. The van der Waals surface area contributed by atoms with Gasteiger partial charge in [0.15, 0.2) is 9.84 Å². The minimum absolute atomic E-state index is 0.0618. The maximum atomic E-state index is 13.6. The van der Waals surface area contributed by atoms with Crippen molar-refractivity contribution in [3.63, 3.8) is 0 Å². The van der Waals surface area contributed by atoms with Crippen molar-refractivity contribution < 1.29 is 26.4 Å². The van der Waals surface area contributed by atoms with Crippen LogP contribution in [0.3, 0.4) is 0 Å². The quantitative estimate of drug-likeness (QED) is 0.423. The molecule has 9 nitrogen and oxygen atoms in total. The average Bonchev–Trinajstić information content (AvgIpc) is 2.87. The van der Waals surface area contributed by atoms with Crippen LogP contribution in [0.4, 0.5) is 30.6 Å². The number of anilines is 3. The van der Waals surface area contributed by atoms with Gasteiger partial charge in [-0.1, -0.05) is 12.1 Å². The molecule has 1 amide bonds. The summed E-state index contributed by atoms with van der Waals surface area (Å²) in [4.78, 5) is 22.2. The van der Waals surface area contributed by atoms with Gasteiger partial charge in [-0.05, 0) is 42.0 Å². The summed E-state index contributed by atoms with van der Waals surface area (Å²) < 4.78 is 64.3. The molecule has 0 bridgehead atoms. The Hall–Kier alpha value is -3.71. The van der Waals surface area contributed by atoms with Gasteiger partial charge in [-0.15, -0.1) is 0 Å². The van der Waals surface area contributed by atoms with Crippen LogP contribution in [-0.4, -0.2) is 61.6 Å². The lowest BCUT2D eigenvalue weighted by atomic mass is 10.1. The normalized spacial score (nSPS) is 14.3. The Labute approximate surface area is 212 Å². The molecule has 0 atom stereocenters. The number of alkyl halides is 3. The van der Waals surface area contributed by atoms with Crippen molar-refractivity contribution in [3.8, 4) is 0 Å². The third kappa shape index (κ3) is 6.74. The lowest BCUT2D eigenvalue weighted by Crippen LogP contribution is -2.46. The number of piperazine rings is 1. The van der Waals surface area contributed by atoms with E-state index < -0.39 is 27.4 Å². The standard InChI is InChI=1S/C24H25F3N6O3S/c1-37(35,36)19-4-2-3-16(13-19)14-29-21-20(24(25,26)27)15-30-23(32-21)31-18-7-5-17(6-8-18)22(34)33-11-9-28-10-12-33/h2-8,13,15,28H,9-12,14H2,1H3,(H2,29,30,31,32). The number of halogens is 3. The molecule has 0 spiro atoms. The van der Waals surface area contributed by atoms with E-state index in [1.54, 1.807) is 35.2 Å². The molecule has 2 aromatic carbocycles. The van der Waals surface area contributed by atoms with Crippen LogP contribution in [0.1, 0.15) is 21.5 Å². The van der Waals surface area contributed by atoms with Crippen molar-refractivity contribution in [2.45, 2.75) is 17.6 Å². The number of carbonyl (C=O) groups excluding carboxylic acids is 1. The monoisotopic (exact) mass is 534 g/mol. The van der Waals surface area contributed by atoms with Gasteiger partial charge in [0.2, 0.25) is 5.95 Å². The first kappa shape index (κ1) is 26.4. The third-order valence-electron chi connectivity index (χ3n) is 5.67. The highest BCUT2D eigenvalue weighted by atomic mass is 32.2. The summed E-state index contributed by atoms with van der Waals surface area (Å²) in [7, 11) is -3.47. The highest BCUT2D eigenvalue weighted by Crippen LogP contribution is 2.34. The summed E-state index contributed by atoms with van der Waals surface area (Å²) >= 11 is 0. The highest BCUT2D eigenvalue weighted by molar-refractivity contribution is 7.90. The second-order valence-corrected chi connectivity index (χ2v) is 10.5. The second kappa shape index (κ2) is 10.7. The number of aromatic nitrogens is 2. The molecular formula is C24H25F3N6O3S. The van der Waals surface area contributed by atoms with Crippen LogP contribution in [0, 0.1) is 0 Å². The average molecular weight is 535 g/mol. The Kier molecular flexibility index (Phi) is 7.64. The van der Waals surface area contributed by atoms with E-state index in [0.29, 0.717) is 36.1 Å². The van der Waals surface area contributed by atoms with Crippen molar-refractivity contribution in [3.05, 3.63) is 71.4 Å². The fraction of sp³-hybridized carbons (Fsp3) is 0.292. The topological polar surface area (TPSA) is 116 Å². The number of rotatable bonds is 7. The van der Waals surface area contributed by atoms with Gasteiger partial charge in [0, 0.05) is 56.4 Å². The number of hydrogen-bond donors (Lipinski definition) is 3. The number of nitrogens with zero attached hydrogens (tertiary/aromatic N) is 3. The van der Waals surface area contributed by atoms with Gasteiger partial charge < -0.3 is 20.9 Å². The zero-order chi connectivity index (χ0) is 26.6. The summed E-state index contributed by atoms with van der Waals surface area (Å²) in [5.74, 6) is -0.632. The first-order valence-corrected chi connectivity index (χ1v) is 13.2. The zero-order valence-electron chi connectivity index (χ0n) is 19.8. The van der Waals surface area contributed by atoms with Gasteiger partial charge in [0.25, 0.3) is 5.91 Å². The SMILES string of the molecule is CS(=O)(=O)c1cccc(CNc2nc(Nc3ccc(C(=O)N4CCNCC4)cc3)ncc2C(F)(F)F)c1. The molecule has 1 aliphatic rings. The molecule has 1 aromatic heterocycles. The lowest BCUT2D eigenvalue weighted by molar-refractivity contribution is -0.137. The van der Waals surface area contributed by atoms with Gasteiger partial charge in [-0.25, -0.2) is 13.4 Å². The summed E-state index contributed by atoms with van der Waals surface area (Å²) in [5.41, 5.74) is 0.395. The van der Waals surface area contributed by atoms with Gasteiger partial charge in [0.05, 0.1) is 4.90 Å². The lowest BCUT2D eigenvalue weighted by Gasteiger charge is -2.27.